The van der Waals surface area contributed by atoms with E-state index in [2.05, 4.69) is 24.9 Å². The van der Waals surface area contributed by atoms with E-state index < -0.39 is 0 Å². The minimum atomic E-state index is 0.318. The highest BCUT2D eigenvalue weighted by Crippen LogP contribution is 2.13. The van der Waals surface area contributed by atoms with E-state index in [1.807, 2.05) is 24.2 Å². The summed E-state index contributed by atoms with van der Waals surface area (Å²) in [6.45, 7) is 4.12. The molecule has 14 heavy (non-hydrogen) atoms. The first kappa shape index (κ1) is 11.5. The van der Waals surface area contributed by atoms with Gasteiger partial charge in [-0.05, 0) is 37.1 Å². The van der Waals surface area contributed by atoms with Crippen molar-refractivity contribution in [3.63, 3.8) is 0 Å². The van der Waals surface area contributed by atoms with Gasteiger partial charge in [0.15, 0.2) is 0 Å². The molecule has 1 heterocycles. The van der Waals surface area contributed by atoms with Gasteiger partial charge in [0.05, 0.1) is 0 Å². The van der Waals surface area contributed by atoms with Gasteiger partial charge in [-0.3, -0.25) is 4.98 Å². The lowest BCUT2D eigenvalue weighted by Gasteiger charge is -2.04. The number of aryl methyl sites for hydroxylation is 1. The van der Waals surface area contributed by atoms with E-state index in [4.69, 9.17) is 5.73 Å². The summed E-state index contributed by atoms with van der Waals surface area (Å²) in [6, 6.07) is 2.50. The van der Waals surface area contributed by atoms with Crippen molar-refractivity contribution in [3.8, 4) is 0 Å². The van der Waals surface area contributed by atoms with Gasteiger partial charge >= 0.3 is 0 Å². The zero-order chi connectivity index (χ0) is 10.4. The van der Waals surface area contributed by atoms with Gasteiger partial charge in [0.1, 0.15) is 0 Å². The number of aromatic nitrogens is 1. The molecule has 0 saturated heterocycles. The van der Waals surface area contributed by atoms with Gasteiger partial charge in [-0.25, -0.2) is 0 Å². The summed E-state index contributed by atoms with van der Waals surface area (Å²) < 4.78 is 0. The van der Waals surface area contributed by atoms with Crippen LogP contribution in [0.25, 0.3) is 0 Å². The molecule has 1 unspecified atom stereocenters. The van der Waals surface area contributed by atoms with Crippen LogP contribution in [0.4, 0.5) is 0 Å². The van der Waals surface area contributed by atoms with Gasteiger partial charge in [0, 0.05) is 24.2 Å². The van der Waals surface area contributed by atoms with Crippen molar-refractivity contribution in [3.05, 3.63) is 29.6 Å². The minimum absolute atomic E-state index is 0.318. The van der Waals surface area contributed by atoms with Crippen LogP contribution in [0.5, 0.6) is 0 Å². The van der Waals surface area contributed by atoms with Crippen LogP contribution in [-0.2, 0) is 5.75 Å². The Bertz CT molecular complexity index is 274. The number of nitrogens with two attached hydrogens (primary N) is 1. The van der Waals surface area contributed by atoms with Crippen molar-refractivity contribution in [1.82, 2.24) is 4.98 Å². The molecule has 0 fully saturated rings. The second-order valence-electron chi connectivity index (χ2n) is 3.69. The van der Waals surface area contributed by atoms with Gasteiger partial charge in [0.2, 0.25) is 0 Å². The van der Waals surface area contributed by atoms with Crippen molar-refractivity contribution in [2.75, 3.05) is 5.75 Å². The number of hydrogen-bond donors (Lipinski definition) is 1. The molecular weight excluding hydrogens is 192 g/mol. The van der Waals surface area contributed by atoms with Crippen LogP contribution in [0.1, 0.15) is 24.5 Å². The maximum atomic E-state index is 5.67. The molecule has 78 valence electrons. The highest BCUT2D eigenvalue weighted by Gasteiger charge is 1.97. The maximum absolute atomic E-state index is 5.67. The van der Waals surface area contributed by atoms with Gasteiger partial charge in [-0.15, -0.1) is 0 Å². The molecule has 3 heteroatoms. The Morgan fingerprint density at radius 1 is 1.50 bits per heavy atom. The molecule has 0 radical (unpaired) electrons. The Kier molecular flexibility index (Phi) is 4.98. The summed E-state index contributed by atoms with van der Waals surface area (Å²) in [7, 11) is 0. The fourth-order valence-corrected chi connectivity index (χ4v) is 2.23. The average Bonchev–Trinajstić information content (AvgIpc) is 2.12. The number of thioether (sulfide) groups is 1. The fourth-order valence-electron chi connectivity index (χ4n) is 1.16. The lowest BCUT2D eigenvalue weighted by Crippen LogP contribution is -2.15. The summed E-state index contributed by atoms with van der Waals surface area (Å²) in [4.78, 5) is 4.16. The van der Waals surface area contributed by atoms with Crippen LogP contribution in [0, 0.1) is 6.92 Å². The number of hydrogen-bond acceptors (Lipinski definition) is 3. The van der Waals surface area contributed by atoms with E-state index >= 15 is 0 Å². The molecule has 1 rings (SSSR count). The lowest BCUT2D eigenvalue weighted by atomic mass is 10.2. The van der Waals surface area contributed by atoms with E-state index in [-0.39, 0.29) is 0 Å². The quantitative estimate of drug-likeness (QED) is 0.758. The van der Waals surface area contributed by atoms with Crippen molar-refractivity contribution in [2.45, 2.75) is 32.1 Å². The molecule has 0 aliphatic rings. The fraction of sp³-hybridized carbons (Fsp3) is 0.545. The second kappa shape index (κ2) is 6.04. The number of rotatable bonds is 5. The van der Waals surface area contributed by atoms with Gasteiger partial charge in [-0.1, -0.05) is 6.07 Å². The summed E-state index contributed by atoms with van der Waals surface area (Å²) in [6.07, 6.45) is 4.91. The highest BCUT2D eigenvalue weighted by atomic mass is 32.2. The Balaban J connectivity index is 2.25. The first-order valence-corrected chi connectivity index (χ1v) is 6.08. The third-order valence-electron chi connectivity index (χ3n) is 1.92. The van der Waals surface area contributed by atoms with E-state index in [0.29, 0.717) is 6.04 Å². The third-order valence-corrected chi connectivity index (χ3v) is 2.98. The van der Waals surface area contributed by atoms with Crippen LogP contribution in [0.3, 0.4) is 0 Å². The number of pyridine rings is 1. The summed E-state index contributed by atoms with van der Waals surface area (Å²) in [5, 5.41) is 0. The molecule has 1 aromatic heterocycles. The zero-order valence-corrected chi connectivity index (χ0v) is 9.68. The molecule has 0 amide bonds. The first-order valence-electron chi connectivity index (χ1n) is 4.92. The molecule has 0 aromatic carbocycles. The predicted molar refractivity (Wildman–Crippen MR) is 63.4 cm³/mol. The Labute approximate surface area is 90.3 Å². The van der Waals surface area contributed by atoms with Crippen LogP contribution in [0.2, 0.25) is 0 Å². The van der Waals surface area contributed by atoms with Crippen LogP contribution in [-0.4, -0.2) is 16.8 Å². The number of nitrogens with zero attached hydrogens (tertiary/aromatic N) is 1. The summed E-state index contributed by atoms with van der Waals surface area (Å²) >= 11 is 1.92. The minimum Gasteiger partial charge on any atom is -0.328 e. The molecule has 1 atom stereocenters. The standard InChI is InChI=1S/C11H18N2S/c1-9-5-11(7-13-6-9)8-14-4-3-10(2)12/h5-7,10H,3-4,8,12H2,1-2H3. The normalized spacial score (nSPS) is 12.8. The van der Waals surface area contributed by atoms with E-state index in [1.165, 1.54) is 11.1 Å². The predicted octanol–water partition coefficient (Wildman–Crippen LogP) is 2.36. The topological polar surface area (TPSA) is 38.9 Å². The molecule has 0 spiro atoms. The van der Waals surface area contributed by atoms with Crippen molar-refractivity contribution >= 4 is 11.8 Å². The van der Waals surface area contributed by atoms with Crippen LogP contribution >= 0.6 is 11.8 Å². The molecule has 1 aromatic rings. The van der Waals surface area contributed by atoms with E-state index in [1.54, 1.807) is 0 Å². The molecule has 0 aliphatic heterocycles. The van der Waals surface area contributed by atoms with Crippen molar-refractivity contribution in [2.24, 2.45) is 5.73 Å². The van der Waals surface area contributed by atoms with Gasteiger partial charge in [-0.2, -0.15) is 11.8 Å². The third kappa shape index (κ3) is 4.63. The molecule has 0 aliphatic carbocycles. The average molecular weight is 210 g/mol. The first-order chi connectivity index (χ1) is 6.68. The van der Waals surface area contributed by atoms with E-state index in [0.717, 1.165) is 17.9 Å². The van der Waals surface area contributed by atoms with E-state index in [9.17, 15) is 0 Å². The Hall–Kier alpha value is -0.540. The van der Waals surface area contributed by atoms with Crippen LogP contribution in [0.15, 0.2) is 18.5 Å². The molecule has 2 nitrogen and oxygen atoms in total. The smallest absolute Gasteiger partial charge is 0.0308 e. The molecule has 0 saturated carbocycles. The van der Waals surface area contributed by atoms with Gasteiger partial charge < -0.3 is 5.73 Å². The highest BCUT2D eigenvalue weighted by molar-refractivity contribution is 7.98. The second-order valence-corrected chi connectivity index (χ2v) is 4.79. The van der Waals surface area contributed by atoms with Gasteiger partial charge in [0.25, 0.3) is 0 Å². The maximum Gasteiger partial charge on any atom is 0.0308 e. The lowest BCUT2D eigenvalue weighted by molar-refractivity contribution is 0.721. The monoisotopic (exact) mass is 210 g/mol. The zero-order valence-electron chi connectivity index (χ0n) is 8.86. The van der Waals surface area contributed by atoms with Crippen LogP contribution < -0.4 is 5.73 Å². The summed E-state index contributed by atoms with van der Waals surface area (Å²) in [5.41, 5.74) is 8.21. The Morgan fingerprint density at radius 3 is 2.93 bits per heavy atom. The molecular formula is C11H18N2S. The summed E-state index contributed by atoms with van der Waals surface area (Å²) in [5.74, 6) is 2.17. The largest absolute Gasteiger partial charge is 0.328 e. The molecule has 2 N–H and O–H groups in total. The SMILES string of the molecule is Cc1cncc(CSCCC(C)N)c1. The molecule has 0 bridgehead atoms. The Morgan fingerprint density at radius 2 is 2.29 bits per heavy atom. The van der Waals surface area contributed by atoms with Crippen molar-refractivity contribution in [1.29, 1.82) is 0 Å². The van der Waals surface area contributed by atoms with Crippen molar-refractivity contribution < 1.29 is 0 Å².